The summed E-state index contributed by atoms with van der Waals surface area (Å²) in [5.74, 6) is 0.517. The Morgan fingerprint density at radius 3 is 2.05 bits per heavy atom. The maximum atomic E-state index is 12.4. The molecule has 4 rings (SSSR count). The van der Waals surface area contributed by atoms with Crippen LogP contribution in [-0.2, 0) is 4.74 Å². The van der Waals surface area contributed by atoms with Gasteiger partial charge >= 0.3 is 6.09 Å². The molecule has 2 amide bonds. The molecule has 1 aromatic carbocycles. The van der Waals surface area contributed by atoms with E-state index in [4.69, 9.17) is 15.5 Å². The minimum atomic E-state index is -0.615. The maximum absolute atomic E-state index is 12.4. The molecule has 2 fully saturated rings. The van der Waals surface area contributed by atoms with E-state index in [9.17, 15) is 9.59 Å². The lowest BCUT2D eigenvalue weighted by Gasteiger charge is -2.36. The highest BCUT2D eigenvalue weighted by Crippen LogP contribution is 2.25. The summed E-state index contributed by atoms with van der Waals surface area (Å²) < 4.78 is 5.49. The molecule has 0 atom stereocenters. The molecule has 0 radical (unpaired) electrons. The third kappa shape index (κ3) is 7.49. The van der Waals surface area contributed by atoms with Gasteiger partial charge in [0.05, 0.1) is 6.20 Å². The zero-order chi connectivity index (χ0) is 27.1. The fraction of sp³-hybridized carbons (Fsp3) is 0.571. The normalized spacial score (nSPS) is 17.3. The molecule has 2 aromatic rings. The number of ether oxygens (including phenoxy) is 1. The number of hydrogen-bond acceptors (Lipinski definition) is 8. The van der Waals surface area contributed by atoms with Crippen LogP contribution in [0.1, 0.15) is 69.8 Å². The molecule has 3 heterocycles. The van der Waals surface area contributed by atoms with Gasteiger partial charge in [-0.1, -0.05) is 25.7 Å². The number of carbonyl (C=O) groups is 2. The van der Waals surface area contributed by atoms with Crippen LogP contribution < -0.4 is 20.9 Å². The van der Waals surface area contributed by atoms with E-state index in [1.165, 1.54) is 25.7 Å². The summed E-state index contributed by atoms with van der Waals surface area (Å²) in [4.78, 5) is 39.8. The van der Waals surface area contributed by atoms with E-state index in [1.807, 2.05) is 45.0 Å². The van der Waals surface area contributed by atoms with Crippen molar-refractivity contribution in [2.75, 3.05) is 54.4 Å². The second kappa shape index (κ2) is 12.3. The summed E-state index contributed by atoms with van der Waals surface area (Å²) in [5.41, 5.74) is 7.09. The summed E-state index contributed by atoms with van der Waals surface area (Å²) in [6, 6.07) is 7.95. The number of nitrogens with zero attached hydrogens (tertiary/aromatic N) is 5. The molecular weight excluding hydrogens is 482 g/mol. The van der Waals surface area contributed by atoms with Crippen LogP contribution in [0.5, 0.6) is 0 Å². The Morgan fingerprint density at radius 1 is 0.868 bits per heavy atom. The number of nitrogens with one attached hydrogen (secondary N) is 1. The highest BCUT2D eigenvalue weighted by molar-refractivity contribution is 5.96. The standard InChI is InChI=1S/C28H41N7O3/c1-28(2,3)38-27(37)35-18-16-33(17-19-35)22-12-10-21(11-13-22)31-26-24(25(29)36)30-20-23(32-26)34-14-8-6-4-5-7-9-15-34/h10-13,20H,4-9,14-19H2,1-3H3,(H2,29,36)(H,31,32). The first-order valence-electron chi connectivity index (χ1n) is 13.7. The molecule has 0 saturated carbocycles. The van der Waals surface area contributed by atoms with Gasteiger partial charge in [0, 0.05) is 50.6 Å². The molecule has 0 unspecified atom stereocenters. The van der Waals surface area contributed by atoms with Gasteiger partial charge in [0.2, 0.25) is 0 Å². The number of benzene rings is 1. The Hall–Kier alpha value is -3.56. The molecule has 1 aromatic heterocycles. The summed E-state index contributed by atoms with van der Waals surface area (Å²) in [5, 5.41) is 3.26. The van der Waals surface area contributed by atoms with Gasteiger partial charge in [-0.25, -0.2) is 14.8 Å². The number of anilines is 4. The zero-order valence-corrected chi connectivity index (χ0v) is 22.9. The van der Waals surface area contributed by atoms with E-state index >= 15 is 0 Å². The lowest BCUT2D eigenvalue weighted by molar-refractivity contribution is 0.0240. The van der Waals surface area contributed by atoms with Crippen LogP contribution in [0, 0.1) is 0 Å². The smallest absolute Gasteiger partial charge is 0.410 e. The molecule has 2 aliphatic heterocycles. The Bertz CT molecular complexity index is 1080. The van der Waals surface area contributed by atoms with Crippen LogP contribution in [0.3, 0.4) is 0 Å². The van der Waals surface area contributed by atoms with Crippen molar-refractivity contribution in [3.8, 4) is 0 Å². The van der Waals surface area contributed by atoms with Crippen LogP contribution in [-0.4, -0.2) is 71.7 Å². The fourth-order valence-corrected chi connectivity index (χ4v) is 4.82. The number of nitrogens with two attached hydrogens (primary N) is 1. The molecular formula is C28H41N7O3. The molecule has 0 spiro atoms. The summed E-state index contributed by atoms with van der Waals surface area (Å²) in [7, 11) is 0. The minimum absolute atomic E-state index is 0.125. The van der Waals surface area contributed by atoms with Crippen LogP contribution in [0.2, 0.25) is 0 Å². The minimum Gasteiger partial charge on any atom is -0.444 e. The summed E-state index contributed by atoms with van der Waals surface area (Å²) >= 11 is 0. The van der Waals surface area contributed by atoms with E-state index in [-0.39, 0.29) is 11.8 Å². The van der Waals surface area contributed by atoms with Gasteiger partial charge in [-0.3, -0.25) is 4.79 Å². The SMILES string of the molecule is CC(C)(C)OC(=O)N1CCN(c2ccc(Nc3nc(N4CCCCCCCC4)cnc3C(N)=O)cc2)CC1. The van der Waals surface area contributed by atoms with Crippen LogP contribution in [0.15, 0.2) is 30.5 Å². The van der Waals surface area contributed by atoms with Crippen molar-refractivity contribution >= 4 is 35.0 Å². The van der Waals surface area contributed by atoms with Gasteiger partial charge in [0.15, 0.2) is 11.5 Å². The number of piperazine rings is 1. The Morgan fingerprint density at radius 2 is 1.47 bits per heavy atom. The van der Waals surface area contributed by atoms with Crippen LogP contribution in [0.4, 0.5) is 27.8 Å². The van der Waals surface area contributed by atoms with Crippen molar-refractivity contribution in [3.05, 3.63) is 36.2 Å². The van der Waals surface area contributed by atoms with E-state index < -0.39 is 11.5 Å². The third-order valence-electron chi connectivity index (χ3n) is 6.85. The predicted molar refractivity (Wildman–Crippen MR) is 150 cm³/mol. The van der Waals surface area contributed by atoms with Crippen molar-refractivity contribution < 1.29 is 14.3 Å². The quantitative estimate of drug-likeness (QED) is 0.587. The van der Waals surface area contributed by atoms with Crippen LogP contribution in [0.25, 0.3) is 0 Å². The van der Waals surface area contributed by atoms with Gasteiger partial charge in [-0.05, 0) is 57.9 Å². The van der Waals surface area contributed by atoms with Gasteiger partial charge in [0.25, 0.3) is 5.91 Å². The lowest BCUT2D eigenvalue weighted by atomic mass is 10.1. The first kappa shape index (κ1) is 27.5. The molecule has 2 saturated heterocycles. The fourth-order valence-electron chi connectivity index (χ4n) is 4.82. The molecule has 3 N–H and O–H groups in total. The van der Waals surface area contributed by atoms with Crippen molar-refractivity contribution in [2.45, 2.75) is 64.9 Å². The van der Waals surface area contributed by atoms with Gasteiger partial charge in [-0.2, -0.15) is 0 Å². The highest BCUT2D eigenvalue weighted by Gasteiger charge is 2.26. The average Bonchev–Trinajstić information content (AvgIpc) is 3.02. The van der Waals surface area contributed by atoms with Gasteiger partial charge < -0.3 is 30.5 Å². The van der Waals surface area contributed by atoms with Crippen LogP contribution >= 0.6 is 0 Å². The van der Waals surface area contributed by atoms with E-state index in [2.05, 4.69) is 20.1 Å². The first-order chi connectivity index (χ1) is 18.2. The van der Waals surface area contributed by atoms with Crippen molar-refractivity contribution in [1.29, 1.82) is 0 Å². The Labute approximate surface area is 225 Å². The van der Waals surface area contributed by atoms with Gasteiger partial charge in [0.1, 0.15) is 11.4 Å². The largest absolute Gasteiger partial charge is 0.444 e. The van der Waals surface area contributed by atoms with Gasteiger partial charge in [-0.15, -0.1) is 0 Å². The monoisotopic (exact) mass is 523 g/mol. The predicted octanol–water partition coefficient (Wildman–Crippen LogP) is 4.54. The second-order valence-electron chi connectivity index (χ2n) is 11.0. The highest BCUT2D eigenvalue weighted by atomic mass is 16.6. The van der Waals surface area contributed by atoms with E-state index in [0.717, 1.165) is 56.2 Å². The first-order valence-corrected chi connectivity index (χ1v) is 13.7. The Balaban J connectivity index is 1.41. The number of carbonyl (C=O) groups excluding carboxylic acids is 2. The van der Waals surface area contributed by atoms with E-state index in [0.29, 0.717) is 18.9 Å². The van der Waals surface area contributed by atoms with Crippen molar-refractivity contribution in [1.82, 2.24) is 14.9 Å². The Kier molecular flexibility index (Phi) is 8.91. The molecule has 10 nitrogen and oxygen atoms in total. The number of primary amides is 1. The maximum Gasteiger partial charge on any atom is 0.410 e. The molecule has 10 heteroatoms. The van der Waals surface area contributed by atoms with Crippen molar-refractivity contribution in [2.24, 2.45) is 5.73 Å². The van der Waals surface area contributed by atoms with E-state index in [1.54, 1.807) is 11.1 Å². The summed E-state index contributed by atoms with van der Waals surface area (Å²) in [6.07, 6.45) is 8.63. The summed E-state index contributed by atoms with van der Waals surface area (Å²) in [6.45, 7) is 10.2. The average molecular weight is 524 g/mol. The number of hydrogen-bond donors (Lipinski definition) is 2. The molecule has 206 valence electrons. The molecule has 2 aliphatic rings. The molecule has 0 bridgehead atoms. The topological polar surface area (TPSA) is 117 Å². The second-order valence-corrected chi connectivity index (χ2v) is 11.0. The number of amides is 2. The number of rotatable bonds is 5. The molecule has 0 aliphatic carbocycles. The third-order valence-corrected chi connectivity index (χ3v) is 6.85. The number of aromatic nitrogens is 2. The molecule has 38 heavy (non-hydrogen) atoms. The van der Waals surface area contributed by atoms with Crippen molar-refractivity contribution in [3.63, 3.8) is 0 Å². The lowest BCUT2D eigenvalue weighted by Crippen LogP contribution is -2.50. The zero-order valence-electron chi connectivity index (χ0n) is 22.9.